The highest BCUT2D eigenvalue weighted by Crippen LogP contribution is 2.36. The highest BCUT2D eigenvalue weighted by atomic mass is 35.5. The van der Waals surface area contributed by atoms with Crippen LogP contribution in [0.1, 0.15) is 0 Å². The molecule has 3 aromatic rings. The van der Waals surface area contributed by atoms with Gasteiger partial charge in [0.1, 0.15) is 16.4 Å². The van der Waals surface area contributed by atoms with Crippen molar-refractivity contribution in [3.05, 3.63) is 57.8 Å². The highest BCUT2D eigenvalue weighted by Gasteiger charge is 2.13. The standard InChI is InChI=1S/C15H10ClNO3S/c16-8-1-6-11-12(7-8)17-15(20)14(13(11)19)21-10-4-2-9(18)3-5-10/h1-7,18H,(H2,17,19,20). The molecule has 3 rings (SSSR count). The topological polar surface area (TPSA) is 73.3 Å². The van der Waals surface area contributed by atoms with E-state index in [2.05, 4.69) is 4.98 Å². The Morgan fingerprint density at radius 2 is 1.76 bits per heavy atom. The Labute approximate surface area is 129 Å². The molecule has 0 aliphatic rings. The zero-order valence-electron chi connectivity index (χ0n) is 10.6. The van der Waals surface area contributed by atoms with Crippen LogP contribution in [0.25, 0.3) is 10.9 Å². The lowest BCUT2D eigenvalue weighted by Crippen LogP contribution is -2.08. The molecule has 0 fully saturated rings. The van der Waals surface area contributed by atoms with Gasteiger partial charge in [-0.05, 0) is 42.5 Å². The minimum Gasteiger partial charge on any atom is -0.508 e. The van der Waals surface area contributed by atoms with Gasteiger partial charge < -0.3 is 15.2 Å². The fourth-order valence-corrected chi connectivity index (χ4v) is 2.99. The molecule has 0 saturated heterocycles. The van der Waals surface area contributed by atoms with Crippen molar-refractivity contribution >= 4 is 34.3 Å². The van der Waals surface area contributed by atoms with Crippen molar-refractivity contribution in [2.45, 2.75) is 9.79 Å². The molecule has 1 heterocycles. The predicted octanol–water partition coefficient (Wildman–Crippen LogP) is 3.74. The summed E-state index contributed by atoms with van der Waals surface area (Å²) in [5.74, 6) is 0.0640. The number of rotatable bonds is 2. The highest BCUT2D eigenvalue weighted by molar-refractivity contribution is 7.99. The van der Waals surface area contributed by atoms with Gasteiger partial charge in [-0.3, -0.25) is 4.79 Å². The molecule has 0 atom stereocenters. The van der Waals surface area contributed by atoms with E-state index in [4.69, 9.17) is 11.6 Å². The lowest BCUT2D eigenvalue weighted by molar-refractivity contribution is 0.467. The maximum Gasteiger partial charge on any atom is 0.266 e. The molecule has 0 unspecified atom stereocenters. The summed E-state index contributed by atoms with van der Waals surface area (Å²) >= 11 is 7.01. The number of hydrogen-bond donors (Lipinski definition) is 3. The number of hydrogen-bond acceptors (Lipinski definition) is 4. The molecule has 3 N–H and O–H groups in total. The number of aromatic amines is 1. The van der Waals surface area contributed by atoms with Crippen LogP contribution in [0.5, 0.6) is 11.5 Å². The van der Waals surface area contributed by atoms with Crippen LogP contribution in [0.4, 0.5) is 0 Å². The fourth-order valence-electron chi connectivity index (χ4n) is 1.96. The predicted molar refractivity (Wildman–Crippen MR) is 83.5 cm³/mol. The number of pyridine rings is 1. The van der Waals surface area contributed by atoms with Gasteiger partial charge in [-0.15, -0.1) is 0 Å². The number of fused-ring (bicyclic) bond motifs is 1. The second-order valence-corrected chi connectivity index (χ2v) is 5.94. The molecule has 0 amide bonds. The van der Waals surface area contributed by atoms with Crippen molar-refractivity contribution in [3.8, 4) is 11.5 Å². The first-order valence-electron chi connectivity index (χ1n) is 6.06. The number of nitrogens with one attached hydrogen (secondary N) is 1. The first kappa shape index (κ1) is 13.9. The summed E-state index contributed by atoms with van der Waals surface area (Å²) in [5.41, 5.74) is 0.0976. The van der Waals surface area contributed by atoms with Crippen LogP contribution in [0.2, 0.25) is 5.02 Å². The largest absolute Gasteiger partial charge is 0.508 e. The second-order valence-electron chi connectivity index (χ2n) is 4.42. The van der Waals surface area contributed by atoms with Crippen molar-refractivity contribution < 1.29 is 10.2 Å². The number of H-pyrrole nitrogens is 1. The van der Waals surface area contributed by atoms with Crippen LogP contribution < -0.4 is 5.56 Å². The van der Waals surface area contributed by atoms with E-state index in [9.17, 15) is 15.0 Å². The van der Waals surface area contributed by atoms with E-state index in [-0.39, 0.29) is 22.0 Å². The van der Waals surface area contributed by atoms with E-state index in [0.29, 0.717) is 15.9 Å². The minimum absolute atomic E-state index is 0.0801. The van der Waals surface area contributed by atoms with Gasteiger partial charge in [0, 0.05) is 15.3 Å². The van der Waals surface area contributed by atoms with Crippen molar-refractivity contribution in [1.29, 1.82) is 0 Å². The first-order chi connectivity index (χ1) is 10.0. The normalized spacial score (nSPS) is 10.9. The maximum absolute atomic E-state index is 12.1. The Hall–Kier alpha value is -2.11. The molecule has 0 saturated carbocycles. The van der Waals surface area contributed by atoms with E-state index in [1.165, 1.54) is 12.1 Å². The van der Waals surface area contributed by atoms with Gasteiger partial charge in [0.15, 0.2) is 0 Å². The lowest BCUT2D eigenvalue weighted by Gasteiger charge is -2.07. The Balaban J connectivity index is 2.12. The van der Waals surface area contributed by atoms with E-state index in [1.807, 2.05) is 0 Å². The smallest absolute Gasteiger partial charge is 0.266 e. The number of phenols is 1. The van der Waals surface area contributed by atoms with Gasteiger partial charge in [-0.1, -0.05) is 23.4 Å². The molecule has 0 spiro atoms. The molecule has 0 aliphatic heterocycles. The molecule has 4 nitrogen and oxygen atoms in total. The van der Waals surface area contributed by atoms with Gasteiger partial charge in [0.05, 0.1) is 5.52 Å². The Kier molecular flexibility index (Phi) is 3.53. The van der Waals surface area contributed by atoms with Gasteiger partial charge in [-0.25, -0.2) is 0 Å². The number of aromatic nitrogens is 1. The first-order valence-corrected chi connectivity index (χ1v) is 7.25. The summed E-state index contributed by atoms with van der Waals surface area (Å²) in [6.45, 7) is 0. The fraction of sp³-hybridized carbons (Fsp3) is 0. The minimum atomic E-state index is -0.389. The van der Waals surface area contributed by atoms with Crippen molar-refractivity contribution in [2.75, 3.05) is 0 Å². The number of benzene rings is 2. The number of phenolic OH excluding ortho intramolecular Hbond substituents is 1. The van der Waals surface area contributed by atoms with E-state index in [1.54, 1.807) is 30.3 Å². The van der Waals surface area contributed by atoms with Crippen LogP contribution in [-0.2, 0) is 0 Å². The molecule has 6 heteroatoms. The summed E-state index contributed by atoms with van der Waals surface area (Å²) in [5, 5.41) is 20.6. The van der Waals surface area contributed by atoms with Crippen molar-refractivity contribution in [1.82, 2.24) is 4.98 Å². The summed E-state index contributed by atoms with van der Waals surface area (Å²) in [4.78, 5) is 15.8. The summed E-state index contributed by atoms with van der Waals surface area (Å²) in [6, 6.07) is 11.3. The maximum atomic E-state index is 12.1. The van der Waals surface area contributed by atoms with Crippen LogP contribution in [-0.4, -0.2) is 15.2 Å². The molecule has 1 aromatic heterocycles. The Morgan fingerprint density at radius 3 is 2.48 bits per heavy atom. The van der Waals surface area contributed by atoms with Gasteiger partial charge in [-0.2, -0.15) is 0 Å². The quantitative estimate of drug-likeness (QED) is 0.672. The van der Waals surface area contributed by atoms with Gasteiger partial charge in [0.25, 0.3) is 5.56 Å². The van der Waals surface area contributed by atoms with Crippen LogP contribution in [0.15, 0.2) is 57.1 Å². The number of aromatic hydroxyl groups is 2. The Morgan fingerprint density at radius 1 is 1.05 bits per heavy atom. The van der Waals surface area contributed by atoms with Crippen molar-refractivity contribution in [2.24, 2.45) is 0 Å². The van der Waals surface area contributed by atoms with E-state index in [0.717, 1.165) is 16.7 Å². The molecule has 2 aromatic carbocycles. The van der Waals surface area contributed by atoms with Crippen LogP contribution >= 0.6 is 23.4 Å². The monoisotopic (exact) mass is 319 g/mol. The van der Waals surface area contributed by atoms with Crippen molar-refractivity contribution in [3.63, 3.8) is 0 Å². The summed E-state index contributed by atoms with van der Waals surface area (Å²) < 4.78 is 0. The lowest BCUT2D eigenvalue weighted by atomic mass is 10.2. The molecule has 0 radical (unpaired) electrons. The molecular weight excluding hydrogens is 310 g/mol. The molecule has 106 valence electrons. The average molecular weight is 320 g/mol. The van der Waals surface area contributed by atoms with Gasteiger partial charge in [0.2, 0.25) is 0 Å². The SMILES string of the molecule is O=c1[nH]c2cc(Cl)ccc2c(O)c1Sc1ccc(O)cc1. The molecule has 0 bridgehead atoms. The van der Waals surface area contributed by atoms with Crippen LogP contribution in [0, 0.1) is 0 Å². The third-order valence-electron chi connectivity index (χ3n) is 2.96. The van der Waals surface area contributed by atoms with E-state index < -0.39 is 0 Å². The second kappa shape index (κ2) is 5.35. The number of halogens is 1. The molecule has 21 heavy (non-hydrogen) atoms. The zero-order valence-corrected chi connectivity index (χ0v) is 12.2. The third-order valence-corrected chi connectivity index (χ3v) is 4.29. The van der Waals surface area contributed by atoms with E-state index >= 15 is 0 Å². The molecule has 0 aliphatic carbocycles. The van der Waals surface area contributed by atoms with Gasteiger partial charge >= 0.3 is 0 Å². The summed E-state index contributed by atoms with van der Waals surface area (Å²) in [6.07, 6.45) is 0. The Bertz CT molecular complexity index is 874. The average Bonchev–Trinajstić information content (AvgIpc) is 2.45. The third kappa shape index (κ3) is 2.70. The molecular formula is C15H10ClNO3S. The zero-order chi connectivity index (χ0) is 15.0. The summed E-state index contributed by atoms with van der Waals surface area (Å²) in [7, 11) is 0. The van der Waals surface area contributed by atoms with Crippen LogP contribution in [0.3, 0.4) is 0 Å².